The van der Waals surface area contributed by atoms with Gasteiger partial charge in [-0.05, 0) is 28.9 Å². The van der Waals surface area contributed by atoms with E-state index in [9.17, 15) is 0 Å². The minimum atomic E-state index is -1.18. The maximum Gasteiger partial charge on any atom is 0.546 e. The fourth-order valence-electron chi connectivity index (χ4n) is 3.09. The topological polar surface area (TPSA) is 9.23 Å². The minimum absolute atomic E-state index is 0.110. The molecule has 0 atom stereocenters. The molecule has 0 fully saturated rings. The molecule has 23 heavy (non-hydrogen) atoms. The van der Waals surface area contributed by atoms with Crippen molar-refractivity contribution in [2.45, 2.75) is 96.6 Å². The molecule has 0 aliphatic carbocycles. The summed E-state index contributed by atoms with van der Waals surface area (Å²) in [6, 6.07) is 4.68. The molecular weight excluding hydrogens is 295 g/mol. The van der Waals surface area contributed by atoms with Crippen LogP contribution in [0.4, 0.5) is 0 Å². The molecule has 0 saturated heterocycles. The molecule has 0 amide bonds. The average Bonchev–Trinajstić information content (AvgIpc) is 2.38. The lowest BCUT2D eigenvalue weighted by Gasteiger charge is -2.32. The van der Waals surface area contributed by atoms with Crippen molar-refractivity contribution < 1.29 is 3.79 Å². The molecule has 0 aliphatic rings. The molecular formula is C21H37AlO. The van der Waals surface area contributed by atoms with E-state index in [4.69, 9.17) is 3.79 Å². The minimum Gasteiger partial charge on any atom is -0.642 e. The van der Waals surface area contributed by atoms with Gasteiger partial charge >= 0.3 is 14.5 Å². The molecule has 1 aromatic rings. The fraction of sp³-hybridized carbons (Fsp3) is 0.714. The molecule has 1 nitrogen and oxygen atoms in total. The highest BCUT2D eigenvalue weighted by atomic mass is 27.2. The van der Waals surface area contributed by atoms with Crippen LogP contribution in [0.2, 0.25) is 10.6 Å². The molecule has 0 radical (unpaired) electrons. The summed E-state index contributed by atoms with van der Waals surface area (Å²) in [5.41, 5.74) is 4.33. The summed E-state index contributed by atoms with van der Waals surface area (Å²) in [4.78, 5) is 0. The first-order chi connectivity index (χ1) is 10.5. The van der Waals surface area contributed by atoms with Crippen molar-refractivity contribution in [3.8, 4) is 5.75 Å². The Labute approximate surface area is 149 Å². The van der Waals surface area contributed by atoms with Gasteiger partial charge in [0.15, 0.2) is 0 Å². The monoisotopic (exact) mass is 332 g/mol. The number of hydrogen-bond donors (Lipinski definition) is 0. The van der Waals surface area contributed by atoms with E-state index in [1.807, 2.05) is 0 Å². The van der Waals surface area contributed by atoms with Crippen LogP contribution in [0.25, 0.3) is 0 Å². The van der Waals surface area contributed by atoms with Gasteiger partial charge in [-0.15, -0.1) is 0 Å². The molecule has 0 saturated carbocycles. The zero-order valence-electron chi connectivity index (χ0n) is 17.0. The number of hydrogen-bond acceptors (Lipinski definition) is 1. The van der Waals surface area contributed by atoms with Crippen LogP contribution in [-0.2, 0) is 10.8 Å². The van der Waals surface area contributed by atoms with Crippen LogP contribution in [0.5, 0.6) is 5.75 Å². The summed E-state index contributed by atoms with van der Waals surface area (Å²) < 4.78 is 6.80. The van der Waals surface area contributed by atoms with Crippen molar-refractivity contribution in [1.82, 2.24) is 0 Å². The predicted molar refractivity (Wildman–Crippen MR) is 105 cm³/mol. The van der Waals surface area contributed by atoms with E-state index in [2.05, 4.69) is 74.4 Å². The van der Waals surface area contributed by atoms with E-state index in [1.54, 1.807) is 0 Å². The van der Waals surface area contributed by atoms with Crippen molar-refractivity contribution in [3.05, 3.63) is 28.8 Å². The van der Waals surface area contributed by atoms with Gasteiger partial charge in [-0.1, -0.05) is 96.5 Å². The van der Waals surface area contributed by atoms with Gasteiger partial charge in [-0.25, -0.2) is 0 Å². The van der Waals surface area contributed by atoms with Gasteiger partial charge in [0.25, 0.3) is 0 Å². The Balaban J connectivity index is 3.45. The van der Waals surface area contributed by atoms with E-state index >= 15 is 0 Å². The molecule has 130 valence electrons. The maximum absolute atomic E-state index is 6.80. The van der Waals surface area contributed by atoms with E-state index in [1.165, 1.54) is 45.8 Å². The summed E-state index contributed by atoms with van der Waals surface area (Å²) in [5.74, 6) is 1.20. The van der Waals surface area contributed by atoms with Gasteiger partial charge in [-0.2, -0.15) is 0 Å². The van der Waals surface area contributed by atoms with Gasteiger partial charge in [0.2, 0.25) is 0 Å². The normalized spacial score (nSPS) is 12.4. The van der Waals surface area contributed by atoms with Gasteiger partial charge in [-0.3, -0.25) is 0 Å². The first kappa shape index (κ1) is 20.6. The molecule has 0 unspecified atom stereocenters. The Hall–Kier alpha value is -0.448. The molecule has 2 heteroatoms. The first-order valence-corrected chi connectivity index (χ1v) is 11.4. The zero-order chi connectivity index (χ0) is 17.8. The number of benzene rings is 1. The molecule has 0 N–H and O–H groups in total. The highest BCUT2D eigenvalue weighted by Crippen LogP contribution is 2.41. The SMILES string of the molecule is CC[CH2][Al]([CH2]CC)[O]c1c(C(C)(C)C)cc(C)cc1C(C)(C)C. The lowest BCUT2D eigenvalue weighted by atomic mass is 9.78. The molecule has 0 aliphatic heterocycles. The van der Waals surface area contributed by atoms with Crippen LogP contribution in [-0.4, -0.2) is 14.5 Å². The van der Waals surface area contributed by atoms with Crippen LogP contribution >= 0.6 is 0 Å². The standard InChI is InChI=1S/C15H24O.2C3H7.Al/c1-10-8-11(14(2,3)4)13(16)12(9-10)15(5,6)7;2*1-3-2;/h8-9,16H,1-7H3;2*1,3H2,2H3;/q;;;+1/p-1. The quantitative estimate of drug-likeness (QED) is 0.522. The predicted octanol–water partition coefficient (Wildman–Crippen LogP) is 6.78. The lowest BCUT2D eigenvalue weighted by Crippen LogP contribution is -2.27. The summed E-state index contributed by atoms with van der Waals surface area (Å²) in [6.07, 6.45) is 2.47. The fourth-order valence-corrected chi connectivity index (χ4v) is 5.49. The summed E-state index contributed by atoms with van der Waals surface area (Å²) in [6.45, 7) is 20.6. The Morgan fingerprint density at radius 2 is 1.22 bits per heavy atom. The van der Waals surface area contributed by atoms with Gasteiger partial charge < -0.3 is 3.79 Å². The smallest absolute Gasteiger partial charge is 0.546 e. The van der Waals surface area contributed by atoms with E-state index in [-0.39, 0.29) is 10.8 Å². The van der Waals surface area contributed by atoms with Crippen LogP contribution in [0, 0.1) is 6.92 Å². The van der Waals surface area contributed by atoms with Crippen LogP contribution in [0.3, 0.4) is 0 Å². The zero-order valence-corrected chi connectivity index (χ0v) is 18.1. The van der Waals surface area contributed by atoms with E-state index < -0.39 is 14.5 Å². The maximum atomic E-state index is 6.80. The largest absolute Gasteiger partial charge is 0.642 e. The summed E-state index contributed by atoms with van der Waals surface area (Å²) >= 11 is -1.18. The molecule has 1 rings (SSSR count). The van der Waals surface area contributed by atoms with Crippen molar-refractivity contribution in [3.63, 3.8) is 0 Å². The molecule has 0 spiro atoms. The second-order valence-corrected chi connectivity index (χ2v) is 11.6. The number of rotatable bonds is 6. The van der Waals surface area contributed by atoms with Crippen LogP contribution in [0.15, 0.2) is 12.1 Å². The van der Waals surface area contributed by atoms with Gasteiger partial charge in [0, 0.05) is 0 Å². The molecule has 0 heterocycles. The summed E-state index contributed by atoms with van der Waals surface area (Å²) in [5, 5.41) is 2.55. The second kappa shape index (κ2) is 8.09. The number of aryl methyl sites for hydroxylation is 1. The highest BCUT2D eigenvalue weighted by Gasteiger charge is 2.30. The Kier molecular flexibility index (Phi) is 7.24. The third-order valence-corrected chi connectivity index (χ3v) is 7.37. The highest BCUT2D eigenvalue weighted by molar-refractivity contribution is 6.52. The Morgan fingerprint density at radius 3 is 1.52 bits per heavy atom. The molecule has 0 bridgehead atoms. The lowest BCUT2D eigenvalue weighted by molar-refractivity contribution is 0.479. The van der Waals surface area contributed by atoms with Crippen LogP contribution in [0.1, 0.15) is 84.9 Å². The van der Waals surface area contributed by atoms with Crippen LogP contribution < -0.4 is 3.79 Å². The average molecular weight is 333 g/mol. The third kappa shape index (κ3) is 5.84. The van der Waals surface area contributed by atoms with Crippen molar-refractivity contribution in [2.24, 2.45) is 0 Å². The van der Waals surface area contributed by atoms with E-state index in [0.717, 1.165) is 0 Å². The first-order valence-electron chi connectivity index (χ1n) is 9.33. The summed E-state index contributed by atoms with van der Waals surface area (Å²) in [7, 11) is 0. The van der Waals surface area contributed by atoms with E-state index in [0.29, 0.717) is 0 Å². The molecule has 1 aromatic carbocycles. The third-order valence-electron chi connectivity index (χ3n) is 4.36. The van der Waals surface area contributed by atoms with Gasteiger partial charge in [0.1, 0.15) is 0 Å². The second-order valence-electron chi connectivity index (χ2n) is 9.01. The molecule has 0 aromatic heterocycles. The Bertz CT molecular complexity index is 465. The Morgan fingerprint density at radius 1 is 0.826 bits per heavy atom. The van der Waals surface area contributed by atoms with Gasteiger partial charge in [0.05, 0.1) is 5.75 Å². The van der Waals surface area contributed by atoms with Crippen molar-refractivity contribution >= 4 is 14.5 Å². The van der Waals surface area contributed by atoms with Crippen molar-refractivity contribution in [1.29, 1.82) is 0 Å². The van der Waals surface area contributed by atoms with Crippen molar-refractivity contribution in [2.75, 3.05) is 0 Å².